The first-order chi connectivity index (χ1) is 8.47. The highest BCUT2D eigenvalue weighted by Gasteiger charge is 2.23. The maximum Gasteiger partial charge on any atom is 0.239 e. The van der Waals surface area contributed by atoms with Gasteiger partial charge in [0.25, 0.3) is 0 Å². The molecule has 1 rings (SSSR count). The summed E-state index contributed by atoms with van der Waals surface area (Å²) >= 11 is 0. The van der Waals surface area contributed by atoms with Crippen LogP contribution >= 0.6 is 0 Å². The van der Waals surface area contributed by atoms with E-state index in [0.717, 1.165) is 12.0 Å². The van der Waals surface area contributed by atoms with Gasteiger partial charge in [-0.25, -0.2) is 0 Å². The van der Waals surface area contributed by atoms with Crippen molar-refractivity contribution in [3.63, 3.8) is 0 Å². The van der Waals surface area contributed by atoms with Crippen molar-refractivity contribution in [2.24, 2.45) is 11.7 Å². The Kier molecular flexibility index (Phi) is 5.16. The van der Waals surface area contributed by atoms with Gasteiger partial charge in [-0.15, -0.1) is 0 Å². The van der Waals surface area contributed by atoms with Crippen molar-refractivity contribution in [2.75, 3.05) is 7.05 Å². The number of hydrogen-bond acceptors (Lipinski definition) is 3. The highest BCUT2D eigenvalue weighted by molar-refractivity contribution is 5.81. The summed E-state index contributed by atoms with van der Waals surface area (Å²) in [5.41, 5.74) is 6.64. The van der Waals surface area contributed by atoms with Crippen LogP contribution in [0.25, 0.3) is 0 Å². The van der Waals surface area contributed by atoms with Gasteiger partial charge in [-0.2, -0.15) is 0 Å². The maximum absolute atomic E-state index is 12.1. The van der Waals surface area contributed by atoms with Crippen LogP contribution in [0.15, 0.2) is 24.3 Å². The van der Waals surface area contributed by atoms with Crippen LogP contribution in [0.5, 0.6) is 5.75 Å². The zero-order valence-electron chi connectivity index (χ0n) is 11.3. The fourth-order valence-electron chi connectivity index (χ4n) is 1.73. The lowest BCUT2D eigenvalue weighted by molar-refractivity contribution is -0.132. The van der Waals surface area contributed by atoms with Gasteiger partial charge in [0, 0.05) is 19.2 Å². The molecule has 0 aromatic heterocycles. The quantitative estimate of drug-likeness (QED) is 0.836. The monoisotopic (exact) mass is 250 g/mol. The fraction of sp³-hybridized carbons (Fsp3) is 0.500. The van der Waals surface area contributed by atoms with Gasteiger partial charge in [0.2, 0.25) is 5.91 Å². The Labute approximate surface area is 108 Å². The number of nitrogens with two attached hydrogens (primary N) is 1. The van der Waals surface area contributed by atoms with Crippen molar-refractivity contribution in [2.45, 2.75) is 32.9 Å². The van der Waals surface area contributed by atoms with Crippen molar-refractivity contribution < 1.29 is 9.90 Å². The summed E-state index contributed by atoms with van der Waals surface area (Å²) in [6.07, 6.45) is 0.872. The van der Waals surface area contributed by atoms with Gasteiger partial charge >= 0.3 is 0 Å². The largest absolute Gasteiger partial charge is 0.508 e. The average molecular weight is 250 g/mol. The molecule has 1 aromatic rings. The molecule has 1 unspecified atom stereocenters. The van der Waals surface area contributed by atoms with E-state index in [4.69, 9.17) is 5.73 Å². The first-order valence-corrected chi connectivity index (χ1v) is 6.24. The Morgan fingerprint density at radius 3 is 2.61 bits per heavy atom. The van der Waals surface area contributed by atoms with Crippen LogP contribution in [-0.4, -0.2) is 29.0 Å². The highest BCUT2D eigenvalue weighted by atomic mass is 16.3. The normalized spacial score (nSPS) is 14.0. The van der Waals surface area contributed by atoms with Crippen LogP contribution in [0.3, 0.4) is 0 Å². The van der Waals surface area contributed by atoms with Gasteiger partial charge in [0.1, 0.15) is 5.75 Å². The van der Waals surface area contributed by atoms with Gasteiger partial charge in [-0.1, -0.05) is 38.5 Å². The van der Waals surface area contributed by atoms with E-state index in [0.29, 0.717) is 6.54 Å². The van der Waals surface area contributed by atoms with Crippen molar-refractivity contribution in [1.82, 2.24) is 4.90 Å². The van der Waals surface area contributed by atoms with E-state index in [1.807, 2.05) is 19.9 Å². The van der Waals surface area contributed by atoms with E-state index in [-0.39, 0.29) is 17.6 Å². The second-order valence-corrected chi connectivity index (χ2v) is 4.73. The van der Waals surface area contributed by atoms with Crippen LogP contribution in [0.4, 0.5) is 0 Å². The minimum Gasteiger partial charge on any atom is -0.508 e. The SMILES string of the molecule is CCC(C)[C@H](N)C(=O)N(C)Cc1ccccc1O. The molecule has 1 amide bonds. The number of rotatable bonds is 5. The molecule has 100 valence electrons. The molecule has 2 atom stereocenters. The third kappa shape index (κ3) is 3.47. The number of phenols is 1. The van der Waals surface area contributed by atoms with E-state index < -0.39 is 6.04 Å². The van der Waals surface area contributed by atoms with Crippen LogP contribution in [0, 0.1) is 5.92 Å². The third-order valence-corrected chi connectivity index (χ3v) is 3.32. The third-order valence-electron chi connectivity index (χ3n) is 3.32. The average Bonchev–Trinajstić information content (AvgIpc) is 2.38. The molecule has 0 bridgehead atoms. The summed E-state index contributed by atoms with van der Waals surface area (Å²) in [5, 5.41) is 9.67. The van der Waals surface area contributed by atoms with Crippen LogP contribution in [0.2, 0.25) is 0 Å². The summed E-state index contributed by atoms with van der Waals surface area (Å²) in [4.78, 5) is 13.6. The Balaban J connectivity index is 2.68. The topological polar surface area (TPSA) is 66.6 Å². The molecule has 4 heteroatoms. The minimum absolute atomic E-state index is 0.0902. The van der Waals surface area contributed by atoms with Crippen molar-refractivity contribution >= 4 is 5.91 Å². The van der Waals surface area contributed by atoms with E-state index in [2.05, 4.69) is 0 Å². The predicted octanol–water partition coefficient (Wildman–Crippen LogP) is 1.72. The second kappa shape index (κ2) is 6.40. The summed E-state index contributed by atoms with van der Waals surface area (Å²) in [6.45, 7) is 4.35. The number of likely N-dealkylation sites (N-methyl/N-ethyl adjacent to an activating group) is 1. The molecule has 0 saturated heterocycles. The van der Waals surface area contributed by atoms with E-state index in [1.54, 1.807) is 30.1 Å². The first-order valence-electron chi connectivity index (χ1n) is 6.24. The number of nitrogens with zero attached hydrogens (tertiary/aromatic N) is 1. The molecule has 0 spiro atoms. The number of phenolic OH excluding ortho intramolecular Hbond substituents is 1. The number of hydrogen-bond donors (Lipinski definition) is 2. The first kappa shape index (κ1) is 14.5. The molecule has 3 N–H and O–H groups in total. The molecule has 0 aliphatic heterocycles. The molecular weight excluding hydrogens is 228 g/mol. The Morgan fingerprint density at radius 1 is 1.44 bits per heavy atom. The molecular formula is C14H22N2O2. The number of benzene rings is 1. The Hall–Kier alpha value is -1.55. The van der Waals surface area contributed by atoms with Crippen LogP contribution in [-0.2, 0) is 11.3 Å². The summed E-state index contributed by atoms with van der Waals surface area (Å²) in [7, 11) is 1.71. The van der Waals surface area contributed by atoms with Gasteiger partial charge in [0.05, 0.1) is 6.04 Å². The lowest BCUT2D eigenvalue weighted by Crippen LogP contribution is -2.45. The highest BCUT2D eigenvalue weighted by Crippen LogP contribution is 2.18. The van der Waals surface area contributed by atoms with Crippen molar-refractivity contribution in [3.05, 3.63) is 29.8 Å². The van der Waals surface area contributed by atoms with E-state index in [9.17, 15) is 9.90 Å². The van der Waals surface area contributed by atoms with Gasteiger partial charge in [-0.05, 0) is 12.0 Å². The maximum atomic E-state index is 12.1. The van der Waals surface area contributed by atoms with Gasteiger partial charge in [0.15, 0.2) is 0 Å². The molecule has 4 nitrogen and oxygen atoms in total. The predicted molar refractivity (Wildman–Crippen MR) is 72.0 cm³/mol. The molecule has 0 aliphatic carbocycles. The molecule has 0 heterocycles. The number of para-hydroxylation sites is 1. The lowest BCUT2D eigenvalue weighted by atomic mass is 9.99. The van der Waals surface area contributed by atoms with Gasteiger partial charge < -0.3 is 15.7 Å². The molecule has 0 fully saturated rings. The van der Waals surface area contributed by atoms with E-state index >= 15 is 0 Å². The second-order valence-electron chi connectivity index (χ2n) is 4.73. The number of carbonyl (C=O) groups excluding carboxylic acids is 1. The van der Waals surface area contributed by atoms with Crippen molar-refractivity contribution in [1.29, 1.82) is 0 Å². The van der Waals surface area contributed by atoms with E-state index in [1.165, 1.54) is 0 Å². The molecule has 0 radical (unpaired) electrons. The molecule has 0 aliphatic rings. The number of carbonyl (C=O) groups is 1. The smallest absolute Gasteiger partial charge is 0.239 e. The minimum atomic E-state index is -0.481. The lowest BCUT2D eigenvalue weighted by Gasteiger charge is -2.24. The van der Waals surface area contributed by atoms with Gasteiger partial charge in [-0.3, -0.25) is 4.79 Å². The zero-order chi connectivity index (χ0) is 13.7. The summed E-state index contributed by atoms with van der Waals surface area (Å²) in [6, 6.07) is 6.52. The molecule has 0 saturated carbocycles. The molecule has 1 aromatic carbocycles. The van der Waals surface area contributed by atoms with Crippen LogP contribution in [0.1, 0.15) is 25.8 Å². The summed E-state index contributed by atoms with van der Waals surface area (Å²) < 4.78 is 0. The van der Waals surface area contributed by atoms with Crippen LogP contribution < -0.4 is 5.73 Å². The van der Waals surface area contributed by atoms with Crippen molar-refractivity contribution in [3.8, 4) is 5.75 Å². The fourth-order valence-corrected chi connectivity index (χ4v) is 1.73. The standard InChI is InChI=1S/C14H22N2O2/c1-4-10(2)13(15)14(18)16(3)9-11-7-5-6-8-12(11)17/h5-8,10,13,17H,4,9,15H2,1-3H3/t10?,13-/m0/s1. The molecule has 18 heavy (non-hydrogen) atoms. The Morgan fingerprint density at radius 2 is 2.06 bits per heavy atom. The summed E-state index contributed by atoms with van der Waals surface area (Å²) in [5.74, 6) is 0.270. The number of aromatic hydroxyl groups is 1. The number of amides is 1. The Bertz CT molecular complexity index is 407. The zero-order valence-corrected chi connectivity index (χ0v) is 11.3.